The molecular weight excluding hydrogens is 260 g/mol. The van der Waals surface area contributed by atoms with Crippen LogP contribution in [0.5, 0.6) is 5.75 Å². The van der Waals surface area contributed by atoms with E-state index in [1.807, 2.05) is 24.3 Å². The van der Waals surface area contributed by atoms with Crippen LogP contribution in [0.4, 0.5) is 0 Å². The quantitative estimate of drug-likeness (QED) is 0.895. The number of hydrogen-bond acceptors (Lipinski definition) is 2. The molecule has 21 heavy (non-hydrogen) atoms. The van der Waals surface area contributed by atoms with E-state index in [-0.39, 0.29) is 12.0 Å². The van der Waals surface area contributed by atoms with E-state index in [4.69, 9.17) is 9.84 Å². The first-order valence-corrected chi connectivity index (χ1v) is 7.41. The summed E-state index contributed by atoms with van der Waals surface area (Å²) in [6.07, 6.45) is 0.689. The summed E-state index contributed by atoms with van der Waals surface area (Å²) in [6.45, 7) is 7.40. The van der Waals surface area contributed by atoms with E-state index >= 15 is 0 Å². The fourth-order valence-electron chi connectivity index (χ4n) is 2.15. The number of rotatable bonds is 5. The summed E-state index contributed by atoms with van der Waals surface area (Å²) >= 11 is 0. The van der Waals surface area contributed by atoms with Crippen molar-refractivity contribution in [2.45, 2.75) is 39.2 Å². The summed E-state index contributed by atoms with van der Waals surface area (Å²) in [7, 11) is 0. The molecule has 0 fully saturated rings. The second-order valence-corrected chi connectivity index (χ2v) is 6.35. The van der Waals surface area contributed by atoms with Crippen LogP contribution in [-0.2, 0) is 18.4 Å². The van der Waals surface area contributed by atoms with Gasteiger partial charge in [-0.2, -0.15) is 0 Å². The van der Waals surface area contributed by atoms with Gasteiger partial charge < -0.3 is 9.84 Å². The number of aliphatic hydroxyl groups excluding tert-OH is 1. The Kier molecular flexibility index (Phi) is 5.03. The highest BCUT2D eigenvalue weighted by atomic mass is 16.5. The first kappa shape index (κ1) is 15.6. The third kappa shape index (κ3) is 4.61. The highest BCUT2D eigenvalue weighted by Gasteiger charge is 2.12. The van der Waals surface area contributed by atoms with Crippen molar-refractivity contribution >= 4 is 0 Å². The second-order valence-electron chi connectivity index (χ2n) is 6.35. The summed E-state index contributed by atoms with van der Waals surface area (Å²) in [6, 6.07) is 16.5. The Morgan fingerprint density at radius 3 is 1.95 bits per heavy atom. The molecule has 0 aromatic heterocycles. The van der Waals surface area contributed by atoms with Gasteiger partial charge in [0.2, 0.25) is 0 Å². The van der Waals surface area contributed by atoms with Crippen LogP contribution in [0, 0.1) is 0 Å². The highest BCUT2D eigenvalue weighted by molar-refractivity contribution is 5.29. The van der Waals surface area contributed by atoms with Gasteiger partial charge in [-0.1, -0.05) is 57.2 Å². The summed E-state index contributed by atoms with van der Waals surface area (Å²) in [4.78, 5) is 0. The van der Waals surface area contributed by atoms with Crippen molar-refractivity contribution in [1.82, 2.24) is 0 Å². The molecule has 0 unspecified atom stereocenters. The summed E-state index contributed by atoms with van der Waals surface area (Å²) < 4.78 is 5.79. The van der Waals surface area contributed by atoms with Gasteiger partial charge in [-0.05, 0) is 40.7 Å². The average molecular weight is 284 g/mol. The Bertz CT molecular complexity index is 548. The predicted molar refractivity (Wildman–Crippen MR) is 86.7 cm³/mol. The van der Waals surface area contributed by atoms with Crippen LogP contribution >= 0.6 is 0 Å². The Labute approximate surface area is 127 Å². The molecule has 112 valence electrons. The van der Waals surface area contributed by atoms with Gasteiger partial charge in [0, 0.05) is 6.61 Å². The molecule has 0 saturated carbocycles. The van der Waals surface area contributed by atoms with Gasteiger partial charge in [-0.3, -0.25) is 0 Å². The molecule has 0 spiro atoms. The molecule has 0 amide bonds. The maximum absolute atomic E-state index is 8.89. The van der Waals surface area contributed by atoms with Crippen LogP contribution in [0.15, 0.2) is 48.5 Å². The molecular formula is C19H24O2. The van der Waals surface area contributed by atoms with Crippen LogP contribution in [0.25, 0.3) is 0 Å². The molecule has 0 radical (unpaired) electrons. The van der Waals surface area contributed by atoms with Gasteiger partial charge in [0.15, 0.2) is 0 Å². The SMILES string of the molecule is CC(C)(C)c1ccc(COc2ccc(CCO)cc2)cc1. The Hall–Kier alpha value is -1.80. The van der Waals surface area contributed by atoms with Crippen molar-refractivity contribution in [3.05, 3.63) is 65.2 Å². The Balaban J connectivity index is 1.93. The molecule has 2 nitrogen and oxygen atoms in total. The summed E-state index contributed by atoms with van der Waals surface area (Å²) in [5.74, 6) is 0.858. The maximum atomic E-state index is 8.89. The van der Waals surface area contributed by atoms with Gasteiger partial charge in [-0.25, -0.2) is 0 Å². The van der Waals surface area contributed by atoms with E-state index < -0.39 is 0 Å². The fourth-order valence-corrected chi connectivity index (χ4v) is 2.15. The topological polar surface area (TPSA) is 29.5 Å². The van der Waals surface area contributed by atoms with E-state index in [1.165, 1.54) is 11.1 Å². The molecule has 0 bridgehead atoms. The third-order valence-corrected chi connectivity index (χ3v) is 3.55. The lowest BCUT2D eigenvalue weighted by atomic mass is 9.87. The predicted octanol–water partition coefficient (Wildman–Crippen LogP) is 4.10. The zero-order valence-corrected chi connectivity index (χ0v) is 13.1. The third-order valence-electron chi connectivity index (χ3n) is 3.55. The molecule has 2 aromatic carbocycles. The number of hydrogen-bond donors (Lipinski definition) is 1. The molecule has 0 saturated heterocycles. The monoisotopic (exact) mass is 284 g/mol. The lowest BCUT2D eigenvalue weighted by Gasteiger charge is -2.19. The van der Waals surface area contributed by atoms with Crippen LogP contribution in [-0.4, -0.2) is 11.7 Å². The maximum Gasteiger partial charge on any atom is 0.119 e. The first-order valence-electron chi connectivity index (χ1n) is 7.41. The first-order chi connectivity index (χ1) is 9.99. The van der Waals surface area contributed by atoms with Crippen LogP contribution in [0.1, 0.15) is 37.5 Å². The molecule has 2 rings (SSSR count). The average Bonchev–Trinajstić information content (AvgIpc) is 2.46. The highest BCUT2D eigenvalue weighted by Crippen LogP contribution is 2.22. The largest absolute Gasteiger partial charge is 0.489 e. The van der Waals surface area contributed by atoms with Crippen LogP contribution in [0.2, 0.25) is 0 Å². The van der Waals surface area contributed by atoms with Gasteiger partial charge in [-0.15, -0.1) is 0 Å². The minimum Gasteiger partial charge on any atom is -0.489 e. The van der Waals surface area contributed by atoms with Crippen LogP contribution in [0.3, 0.4) is 0 Å². The lowest BCUT2D eigenvalue weighted by molar-refractivity contribution is 0.298. The van der Waals surface area contributed by atoms with E-state index in [0.29, 0.717) is 13.0 Å². The normalized spacial score (nSPS) is 11.4. The zero-order valence-electron chi connectivity index (χ0n) is 13.1. The van der Waals surface area contributed by atoms with E-state index in [2.05, 4.69) is 45.0 Å². The number of ether oxygens (including phenoxy) is 1. The lowest BCUT2D eigenvalue weighted by Crippen LogP contribution is -2.10. The van der Waals surface area contributed by atoms with Crippen molar-refractivity contribution < 1.29 is 9.84 Å². The summed E-state index contributed by atoms with van der Waals surface area (Å²) in [5, 5.41) is 8.89. The van der Waals surface area contributed by atoms with Gasteiger partial charge in [0.1, 0.15) is 12.4 Å². The van der Waals surface area contributed by atoms with Crippen molar-refractivity contribution in [1.29, 1.82) is 0 Å². The van der Waals surface area contributed by atoms with Crippen LogP contribution < -0.4 is 4.74 Å². The fraction of sp³-hybridized carbons (Fsp3) is 0.368. The van der Waals surface area contributed by atoms with Gasteiger partial charge >= 0.3 is 0 Å². The molecule has 0 heterocycles. The molecule has 1 N–H and O–H groups in total. The van der Waals surface area contributed by atoms with Crippen molar-refractivity contribution in [2.75, 3.05) is 6.61 Å². The second kappa shape index (κ2) is 6.77. The summed E-state index contributed by atoms with van der Waals surface area (Å²) in [5.41, 5.74) is 3.81. The molecule has 0 atom stereocenters. The van der Waals surface area contributed by atoms with E-state index in [0.717, 1.165) is 11.3 Å². The Morgan fingerprint density at radius 2 is 1.43 bits per heavy atom. The molecule has 0 aliphatic rings. The zero-order chi connectivity index (χ0) is 15.3. The smallest absolute Gasteiger partial charge is 0.119 e. The molecule has 2 heteroatoms. The molecule has 0 aliphatic heterocycles. The van der Waals surface area contributed by atoms with Gasteiger partial charge in [0.25, 0.3) is 0 Å². The molecule has 0 aliphatic carbocycles. The van der Waals surface area contributed by atoms with Gasteiger partial charge in [0.05, 0.1) is 0 Å². The van der Waals surface area contributed by atoms with Crippen molar-refractivity contribution in [3.8, 4) is 5.75 Å². The minimum atomic E-state index is 0.181. The van der Waals surface area contributed by atoms with E-state index in [1.54, 1.807) is 0 Å². The minimum absolute atomic E-state index is 0.181. The number of aliphatic hydroxyl groups is 1. The standard InChI is InChI=1S/C19H24O2/c1-19(2,3)17-8-4-16(5-9-17)14-21-18-10-6-15(7-11-18)12-13-20/h4-11,20H,12-14H2,1-3H3. The Morgan fingerprint density at radius 1 is 0.857 bits per heavy atom. The number of benzene rings is 2. The molecule has 2 aromatic rings. The van der Waals surface area contributed by atoms with Crippen molar-refractivity contribution in [3.63, 3.8) is 0 Å². The van der Waals surface area contributed by atoms with E-state index in [9.17, 15) is 0 Å². The van der Waals surface area contributed by atoms with Crippen molar-refractivity contribution in [2.24, 2.45) is 0 Å².